The first-order chi connectivity index (χ1) is 8.70. The zero-order valence-corrected chi connectivity index (χ0v) is 10.9. The van der Waals surface area contributed by atoms with Crippen molar-refractivity contribution in [3.63, 3.8) is 0 Å². The Balaban J connectivity index is 2.19. The molecule has 1 aromatic heterocycles. The number of anilines is 1. The van der Waals surface area contributed by atoms with E-state index in [-0.39, 0.29) is 6.61 Å². The van der Waals surface area contributed by atoms with Gasteiger partial charge < -0.3 is 10.0 Å². The Hall–Kier alpha value is -1.58. The molecule has 1 heterocycles. The second kappa shape index (κ2) is 5.85. The number of pyridine rings is 1. The molecule has 0 unspecified atom stereocenters. The number of rotatable bonds is 4. The van der Waals surface area contributed by atoms with Crippen molar-refractivity contribution >= 4 is 17.3 Å². The topological polar surface area (TPSA) is 36.4 Å². The van der Waals surface area contributed by atoms with Crippen LogP contribution in [0.1, 0.15) is 11.1 Å². The second-order valence-corrected chi connectivity index (χ2v) is 4.58. The lowest BCUT2D eigenvalue weighted by Crippen LogP contribution is -2.18. The molecule has 1 N–H and O–H groups in total. The van der Waals surface area contributed by atoms with Gasteiger partial charge in [0.05, 0.1) is 18.5 Å². The van der Waals surface area contributed by atoms with Gasteiger partial charge in [0.1, 0.15) is 0 Å². The number of aromatic nitrogens is 1. The Morgan fingerprint density at radius 2 is 2.17 bits per heavy atom. The maximum Gasteiger partial charge on any atom is 0.0703 e. The fourth-order valence-corrected chi connectivity index (χ4v) is 2.10. The van der Waals surface area contributed by atoms with Crippen molar-refractivity contribution in [2.24, 2.45) is 0 Å². The predicted octanol–water partition coefficient (Wildman–Crippen LogP) is 2.86. The third-order valence-corrected chi connectivity index (χ3v) is 3.01. The first kappa shape index (κ1) is 12.9. The van der Waals surface area contributed by atoms with E-state index in [0.29, 0.717) is 0 Å². The van der Waals surface area contributed by atoms with E-state index in [4.69, 9.17) is 11.6 Å². The van der Waals surface area contributed by atoms with Gasteiger partial charge in [-0.2, -0.15) is 0 Å². The molecule has 0 aliphatic heterocycles. The van der Waals surface area contributed by atoms with Gasteiger partial charge in [-0.25, -0.2) is 0 Å². The van der Waals surface area contributed by atoms with Crippen molar-refractivity contribution in [1.82, 2.24) is 4.98 Å². The molecule has 0 radical (unpaired) electrons. The molecule has 94 valence electrons. The van der Waals surface area contributed by atoms with Crippen molar-refractivity contribution in [3.8, 4) is 0 Å². The Bertz CT molecular complexity index is 531. The fraction of sp³-hybridized carbons (Fsp3) is 0.214. The van der Waals surface area contributed by atoms with Crippen LogP contribution in [0.25, 0.3) is 0 Å². The quantitative estimate of drug-likeness (QED) is 0.921. The van der Waals surface area contributed by atoms with Crippen LogP contribution in [0.2, 0.25) is 5.02 Å². The van der Waals surface area contributed by atoms with Gasteiger partial charge in [-0.1, -0.05) is 23.7 Å². The fourth-order valence-electron chi connectivity index (χ4n) is 1.89. The van der Waals surface area contributed by atoms with Gasteiger partial charge in [0, 0.05) is 30.4 Å². The molecule has 2 aromatic rings. The minimum atomic E-state index is 0.0116. The molecule has 0 aliphatic rings. The summed E-state index contributed by atoms with van der Waals surface area (Å²) in [5.74, 6) is 0. The molecule has 0 bridgehead atoms. The highest BCUT2D eigenvalue weighted by molar-refractivity contribution is 6.30. The van der Waals surface area contributed by atoms with Crippen molar-refractivity contribution in [3.05, 3.63) is 58.9 Å². The molecule has 0 fully saturated rings. The second-order valence-electron chi connectivity index (χ2n) is 4.15. The van der Waals surface area contributed by atoms with Gasteiger partial charge in [-0.15, -0.1) is 0 Å². The monoisotopic (exact) mass is 262 g/mol. The molecular weight excluding hydrogens is 248 g/mol. The molecule has 2 rings (SSSR count). The lowest BCUT2D eigenvalue weighted by Gasteiger charge is -2.21. The lowest BCUT2D eigenvalue weighted by atomic mass is 10.2. The van der Waals surface area contributed by atoms with Crippen molar-refractivity contribution in [1.29, 1.82) is 0 Å². The number of halogens is 1. The smallest absolute Gasteiger partial charge is 0.0703 e. The maximum atomic E-state index is 9.30. The number of hydrogen-bond acceptors (Lipinski definition) is 3. The summed E-state index contributed by atoms with van der Waals surface area (Å²) in [4.78, 5) is 6.14. The molecule has 0 aliphatic carbocycles. The first-order valence-electron chi connectivity index (χ1n) is 5.70. The van der Waals surface area contributed by atoms with Crippen LogP contribution in [-0.4, -0.2) is 17.1 Å². The average molecular weight is 263 g/mol. The maximum absolute atomic E-state index is 9.30. The average Bonchev–Trinajstić information content (AvgIpc) is 2.38. The molecule has 3 nitrogen and oxygen atoms in total. The molecule has 1 aromatic carbocycles. The van der Waals surface area contributed by atoms with E-state index >= 15 is 0 Å². The molecule has 0 amide bonds. The van der Waals surface area contributed by atoms with Gasteiger partial charge in [0.25, 0.3) is 0 Å². The minimum Gasteiger partial charge on any atom is -0.392 e. The van der Waals surface area contributed by atoms with E-state index in [1.165, 1.54) is 0 Å². The molecular formula is C14H15ClN2O. The van der Waals surface area contributed by atoms with Crippen molar-refractivity contribution in [2.45, 2.75) is 13.2 Å². The lowest BCUT2D eigenvalue weighted by molar-refractivity contribution is 0.282. The molecule has 4 heteroatoms. The highest BCUT2D eigenvalue weighted by Gasteiger charge is 2.07. The summed E-state index contributed by atoms with van der Waals surface area (Å²) >= 11 is 5.96. The van der Waals surface area contributed by atoms with E-state index in [2.05, 4.69) is 4.98 Å². The summed E-state index contributed by atoms with van der Waals surface area (Å²) in [6.45, 7) is 0.733. The number of aliphatic hydroxyl groups excluding tert-OH is 1. The van der Waals surface area contributed by atoms with Crippen molar-refractivity contribution in [2.75, 3.05) is 11.9 Å². The van der Waals surface area contributed by atoms with Crippen LogP contribution >= 0.6 is 11.6 Å². The number of benzene rings is 1. The molecule has 0 saturated heterocycles. The Labute approximate surface area is 112 Å². The van der Waals surface area contributed by atoms with E-state index in [0.717, 1.165) is 28.4 Å². The van der Waals surface area contributed by atoms with E-state index in [1.807, 2.05) is 42.3 Å². The molecule has 0 atom stereocenters. The van der Waals surface area contributed by atoms with E-state index in [1.54, 1.807) is 12.4 Å². The van der Waals surface area contributed by atoms with Gasteiger partial charge in [-0.05, 0) is 23.8 Å². The van der Waals surface area contributed by atoms with Gasteiger partial charge in [0.2, 0.25) is 0 Å². The number of aliphatic hydroxyl groups is 1. The van der Waals surface area contributed by atoms with Crippen LogP contribution in [-0.2, 0) is 13.2 Å². The number of hydrogen-bond donors (Lipinski definition) is 1. The highest BCUT2D eigenvalue weighted by atomic mass is 35.5. The predicted molar refractivity (Wildman–Crippen MR) is 73.7 cm³/mol. The summed E-state index contributed by atoms with van der Waals surface area (Å²) in [5.41, 5.74) is 2.92. The number of nitrogens with zero attached hydrogens (tertiary/aromatic N) is 2. The van der Waals surface area contributed by atoms with Crippen LogP contribution < -0.4 is 4.90 Å². The summed E-state index contributed by atoms with van der Waals surface area (Å²) in [6, 6.07) is 9.57. The minimum absolute atomic E-state index is 0.0116. The van der Waals surface area contributed by atoms with E-state index < -0.39 is 0 Å². The van der Waals surface area contributed by atoms with Crippen LogP contribution in [0.15, 0.2) is 42.7 Å². The first-order valence-corrected chi connectivity index (χ1v) is 6.08. The van der Waals surface area contributed by atoms with Gasteiger partial charge in [-0.3, -0.25) is 4.98 Å². The molecule has 18 heavy (non-hydrogen) atoms. The third kappa shape index (κ3) is 3.00. The summed E-state index contributed by atoms with van der Waals surface area (Å²) in [6.07, 6.45) is 3.44. The SMILES string of the molecule is CN(Cc1cccc(Cl)c1)c1cnccc1CO. The molecule has 0 spiro atoms. The van der Waals surface area contributed by atoms with Crippen molar-refractivity contribution < 1.29 is 5.11 Å². The standard InChI is InChI=1S/C14H15ClN2O/c1-17(9-11-3-2-4-13(15)7-11)14-8-16-6-5-12(14)10-18/h2-8,18H,9-10H2,1H3. The van der Waals surface area contributed by atoms with Gasteiger partial charge >= 0.3 is 0 Å². The van der Waals surface area contributed by atoms with E-state index in [9.17, 15) is 5.11 Å². The zero-order valence-electron chi connectivity index (χ0n) is 10.2. The van der Waals surface area contributed by atoms with Crippen LogP contribution in [0.3, 0.4) is 0 Å². The Morgan fingerprint density at radius 1 is 1.33 bits per heavy atom. The Kier molecular flexibility index (Phi) is 4.18. The highest BCUT2D eigenvalue weighted by Crippen LogP contribution is 2.20. The normalized spacial score (nSPS) is 10.4. The largest absolute Gasteiger partial charge is 0.392 e. The summed E-state index contributed by atoms with van der Waals surface area (Å²) in [7, 11) is 1.97. The Morgan fingerprint density at radius 3 is 2.89 bits per heavy atom. The van der Waals surface area contributed by atoms with Gasteiger partial charge in [0.15, 0.2) is 0 Å². The summed E-state index contributed by atoms with van der Waals surface area (Å²) in [5, 5.41) is 10.0. The third-order valence-electron chi connectivity index (χ3n) is 2.78. The van der Waals surface area contributed by atoms with Crippen LogP contribution in [0.5, 0.6) is 0 Å². The van der Waals surface area contributed by atoms with Crippen LogP contribution in [0, 0.1) is 0 Å². The molecule has 0 saturated carbocycles. The zero-order chi connectivity index (χ0) is 13.0. The van der Waals surface area contributed by atoms with Crippen LogP contribution in [0.4, 0.5) is 5.69 Å². The summed E-state index contributed by atoms with van der Waals surface area (Å²) < 4.78 is 0.